The molecule has 0 atom stereocenters. The van der Waals surface area contributed by atoms with E-state index >= 15 is 0 Å². The van der Waals surface area contributed by atoms with Crippen LogP contribution in [0.3, 0.4) is 0 Å². The van der Waals surface area contributed by atoms with E-state index in [9.17, 15) is 4.79 Å². The van der Waals surface area contributed by atoms with Crippen LogP contribution in [0.5, 0.6) is 0 Å². The highest BCUT2D eigenvalue weighted by Crippen LogP contribution is 2.12. The van der Waals surface area contributed by atoms with Gasteiger partial charge >= 0.3 is 6.03 Å². The second kappa shape index (κ2) is 7.51. The minimum Gasteiger partial charge on any atom is -0.381 e. The molecule has 0 unspecified atom stereocenters. The van der Waals surface area contributed by atoms with E-state index in [0.29, 0.717) is 5.92 Å². The van der Waals surface area contributed by atoms with Gasteiger partial charge in [-0.05, 0) is 25.2 Å². The summed E-state index contributed by atoms with van der Waals surface area (Å²) in [7, 11) is 0. The zero-order valence-corrected chi connectivity index (χ0v) is 9.55. The molecule has 1 aliphatic rings. The van der Waals surface area contributed by atoms with Gasteiger partial charge in [0.05, 0.1) is 0 Å². The quantitative estimate of drug-likeness (QED) is 0.682. The van der Waals surface area contributed by atoms with Crippen molar-refractivity contribution in [3.63, 3.8) is 0 Å². The minimum absolute atomic E-state index is 0.0325. The maximum absolute atomic E-state index is 11.3. The fourth-order valence-electron chi connectivity index (χ4n) is 1.63. The van der Waals surface area contributed by atoms with E-state index < -0.39 is 0 Å². The van der Waals surface area contributed by atoms with Gasteiger partial charge in [0.15, 0.2) is 0 Å². The number of hydrogen-bond donors (Lipinski definition) is 2. The predicted molar refractivity (Wildman–Crippen MR) is 59.9 cm³/mol. The third kappa shape index (κ3) is 5.62. The number of rotatable bonds is 5. The molecule has 1 fully saturated rings. The zero-order valence-electron chi connectivity index (χ0n) is 9.55. The number of unbranched alkanes of at least 4 members (excludes halogenated alkanes) is 1. The van der Waals surface area contributed by atoms with Crippen molar-refractivity contribution in [3.8, 4) is 0 Å². The van der Waals surface area contributed by atoms with Crippen molar-refractivity contribution < 1.29 is 9.53 Å². The Balaban J connectivity index is 2.00. The fourth-order valence-corrected chi connectivity index (χ4v) is 1.63. The molecule has 4 nitrogen and oxygen atoms in total. The second-order valence-electron chi connectivity index (χ2n) is 4.05. The topological polar surface area (TPSA) is 50.4 Å². The van der Waals surface area contributed by atoms with Crippen molar-refractivity contribution in [3.05, 3.63) is 0 Å². The molecule has 1 aliphatic heterocycles. The van der Waals surface area contributed by atoms with E-state index in [1.807, 2.05) is 0 Å². The van der Waals surface area contributed by atoms with E-state index in [1.54, 1.807) is 0 Å². The zero-order chi connectivity index (χ0) is 10.9. The Kier molecular flexibility index (Phi) is 6.16. The van der Waals surface area contributed by atoms with Crippen LogP contribution in [0.2, 0.25) is 0 Å². The molecule has 0 aromatic heterocycles. The molecule has 1 saturated heterocycles. The van der Waals surface area contributed by atoms with Crippen molar-refractivity contribution in [1.29, 1.82) is 0 Å². The van der Waals surface area contributed by atoms with Gasteiger partial charge in [0.25, 0.3) is 0 Å². The first-order valence-corrected chi connectivity index (χ1v) is 5.92. The van der Waals surface area contributed by atoms with E-state index in [4.69, 9.17) is 4.74 Å². The Morgan fingerprint density at radius 3 is 2.73 bits per heavy atom. The van der Waals surface area contributed by atoms with Crippen LogP contribution >= 0.6 is 0 Å². The van der Waals surface area contributed by atoms with Gasteiger partial charge in [0.2, 0.25) is 0 Å². The lowest BCUT2D eigenvalue weighted by Gasteiger charge is -2.22. The molecule has 1 heterocycles. The van der Waals surface area contributed by atoms with Gasteiger partial charge in [-0.3, -0.25) is 0 Å². The molecule has 0 aromatic rings. The Morgan fingerprint density at radius 2 is 2.07 bits per heavy atom. The normalized spacial score (nSPS) is 17.4. The average Bonchev–Trinajstić information content (AvgIpc) is 2.28. The maximum atomic E-state index is 11.3. The maximum Gasteiger partial charge on any atom is 0.314 e. The summed E-state index contributed by atoms with van der Waals surface area (Å²) >= 11 is 0. The highest BCUT2D eigenvalue weighted by Gasteiger charge is 2.14. The van der Waals surface area contributed by atoms with Crippen molar-refractivity contribution in [2.24, 2.45) is 5.92 Å². The van der Waals surface area contributed by atoms with Gasteiger partial charge in [0.1, 0.15) is 0 Å². The monoisotopic (exact) mass is 214 g/mol. The van der Waals surface area contributed by atoms with E-state index in [1.165, 1.54) is 0 Å². The predicted octanol–water partition coefficient (Wildman–Crippen LogP) is 1.51. The number of urea groups is 1. The molecule has 4 heteroatoms. The fraction of sp³-hybridized carbons (Fsp3) is 0.909. The summed E-state index contributed by atoms with van der Waals surface area (Å²) in [6.07, 6.45) is 4.29. The molecule has 1 rings (SSSR count). The van der Waals surface area contributed by atoms with Crippen LogP contribution in [-0.2, 0) is 4.74 Å². The van der Waals surface area contributed by atoms with Crippen LogP contribution < -0.4 is 10.6 Å². The van der Waals surface area contributed by atoms with Gasteiger partial charge in [-0.2, -0.15) is 0 Å². The summed E-state index contributed by atoms with van der Waals surface area (Å²) in [5.74, 6) is 0.593. The lowest BCUT2D eigenvalue weighted by atomic mass is 10.0. The number of amides is 2. The molecule has 0 bridgehead atoms. The average molecular weight is 214 g/mol. The molecule has 0 spiro atoms. The Bertz CT molecular complexity index is 179. The summed E-state index contributed by atoms with van der Waals surface area (Å²) in [5, 5.41) is 5.75. The van der Waals surface area contributed by atoms with Crippen LogP contribution in [0.25, 0.3) is 0 Å². The lowest BCUT2D eigenvalue weighted by Crippen LogP contribution is -2.39. The highest BCUT2D eigenvalue weighted by atomic mass is 16.5. The summed E-state index contributed by atoms with van der Waals surface area (Å²) in [4.78, 5) is 11.3. The molecule has 2 amide bonds. The molecule has 0 radical (unpaired) electrons. The number of nitrogens with one attached hydrogen (secondary N) is 2. The summed E-state index contributed by atoms with van der Waals surface area (Å²) in [6.45, 7) is 5.34. The number of ether oxygens (including phenoxy) is 1. The van der Waals surface area contributed by atoms with Gasteiger partial charge in [-0.1, -0.05) is 13.3 Å². The van der Waals surface area contributed by atoms with Crippen molar-refractivity contribution in [2.45, 2.75) is 32.6 Å². The molecule has 0 saturated carbocycles. The largest absolute Gasteiger partial charge is 0.381 e. The first kappa shape index (κ1) is 12.3. The number of carbonyl (C=O) groups excluding carboxylic acids is 1. The Hall–Kier alpha value is -0.770. The Labute approximate surface area is 91.8 Å². The smallest absolute Gasteiger partial charge is 0.314 e. The van der Waals surface area contributed by atoms with Crippen molar-refractivity contribution >= 4 is 6.03 Å². The van der Waals surface area contributed by atoms with Crippen LogP contribution in [0.1, 0.15) is 32.6 Å². The van der Waals surface area contributed by atoms with Gasteiger partial charge < -0.3 is 15.4 Å². The molecule has 88 valence electrons. The first-order chi connectivity index (χ1) is 7.33. The standard InChI is InChI=1S/C11H22N2O2/c1-2-3-6-12-11(14)13-9-10-4-7-15-8-5-10/h10H,2-9H2,1H3,(H2,12,13,14). The third-order valence-electron chi connectivity index (χ3n) is 2.71. The van der Waals surface area contributed by atoms with Crippen LogP contribution in [0, 0.1) is 5.92 Å². The van der Waals surface area contributed by atoms with Crippen molar-refractivity contribution in [1.82, 2.24) is 10.6 Å². The van der Waals surface area contributed by atoms with Crippen LogP contribution in [0.15, 0.2) is 0 Å². The third-order valence-corrected chi connectivity index (χ3v) is 2.71. The molecular formula is C11H22N2O2. The number of carbonyl (C=O) groups is 1. The van der Waals surface area contributed by atoms with Crippen LogP contribution in [-0.4, -0.2) is 32.3 Å². The molecule has 15 heavy (non-hydrogen) atoms. The van der Waals surface area contributed by atoms with E-state index in [0.717, 1.165) is 52.0 Å². The molecule has 0 aliphatic carbocycles. The van der Waals surface area contributed by atoms with Gasteiger partial charge in [-0.15, -0.1) is 0 Å². The lowest BCUT2D eigenvalue weighted by molar-refractivity contribution is 0.0669. The van der Waals surface area contributed by atoms with Gasteiger partial charge in [-0.25, -0.2) is 4.79 Å². The summed E-state index contributed by atoms with van der Waals surface area (Å²) < 4.78 is 5.26. The SMILES string of the molecule is CCCCNC(=O)NCC1CCOCC1. The van der Waals surface area contributed by atoms with Crippen LogP contribution in [0.4, 0.5) is 4.79 Å². The summed E-state index contributed by atoms with van der Waals surface area (Å²) in [5.41, 5.74) is 0. The molecule has 2 N–H and O–H groups in total. The molecule has 0 aromatic carbocycles. The summed E-state index contributed by atoms with van der Waals surface area (Å²) in [6, 6.07) is -0.0325. The van der Waals surface area contributed by atoms with Gasteiger partial charge in [0, 0.05) is 26.3 Å². The van der Waals surface area contributed by atoms with Crippen molar-refractivity contribution in [2.75, 3.05) is 26.3 Å². The second-order valence-corrected chi connectivity index (χ2v) is 4.05. The number of hydrogen-bond acceptors (Lipinski definition) is 2. The Morgan fingerprint density at radius 1 is 1.33 bits per heavy atom. The molecular weight excluding hydrogens is 192 g/mol. The first-order valence-electron chi connectivity index (χ1n) is 5.92. The highest BCUT2D eigenvalue weighted by molar-refractivity contribution is 5.73. The minimum atomic E-state index is -0.0325. The van der Waals surface area contributed by atoms with E-state index in [-0.39, 0.29) is 6.03 Å². The van der Waals surface area contributed by atoms with E-state index in [2.05, 4.69) is 17.6 Å².